The molecule has 1 fully saturated rings. The van der Waals surface area contributed by atoms with Crippen molar-refractivity contribution < 1.29 is 4.79 Å². The first-order chi connectivity index (χ1) is 11.1. The Morgan fingerprint density at radius 2 is 2.17 bits per heavy atom. The molecule has 1 aliphatic rings. The van der Waals surface area contributed by atoms with Crippen LogP contribution in [0.15, 0.2) is 29.6 Å². The molecule has 3 rings (SSSR count). The van der Waals surface area contributed by atoms with Crippen LogP contribution in [-0.2, 0) is 5.41 Å². The molecule has 0 radical (unpaired) electrons. The Morgan fingerprint density at radius 1 is 1.42 bits per heavy atom. The summed E-state index contributed by atoms with van der Waals surface area (Å²) in [6.45, 7) is 0.587. The predicted molar refractivity (Wildman–Crippen MR) is 99.1 cm³/mol. The van der Waals surface area contributed by atoms with E-state index in [2.05, 4.69) is 21.0 Å². The molecule has 0 atom stereocenters. The van der Waals surface area contributed by atoms with Gasteiger partial charge in [-0.1, -0.05) is 28.2 Å². The molecular formula is C16H20Cl2N4OS. The van der Waals surface area contributed by atoms with Crippen LogP contribution < -0.4 is 11.1 Å². The molecule has 8 heteroatoms. The van der Waals surface area contributed by atoms with E-state index in [4.69, 9.17) is 17.3 Å². The maximum atomic E-state index is 12.1. The molecule has 2 aromatic rings. The monoisotopic (exact) mass is 386 g/mol. The van der Waals surface area contributed by atoms with Gasteiger partial charge in [0, 0.05) is 28.4 Å². The number of aromatic nitrogens is 2. The molecule has 130 valence electrons. The molecule has 1 saturated carbocycles. The Hall–Kier alpha value is -1.21. The third kappa shape index (κ3) is 4.06. The van der Waals surface area contributed by atoms with Crippen molar-refractivity contribution in [2.24, 2.45) is 5.73 Å². The van der Waals surface area contributed by atoms with Crippen molar-refractivity contribution in [1.29, 1.82) is 0 Å². The lowest BCUT2D eigenvalue weighted by Gasteiger charge is -2.40. The number of carbonyl (C=O) groups excluding carboxylic acids is 1. The normalized spacial score (nSPS) is 23.3. The Labute approximate surface area is 156 Å². The van der Waals surface area contributed by atoms with Gasteiger partial charge in [0.15, 0.2) is 5.69 Å². The van der Waals surface area contributed by atoms with Crippen LogP contribution in [0.4, 0.5) is 0 Å². The number of hydrogen-bond acceptors (Lipinski definition) is 5. The smallest absolute Gasteiger partial charge is 0.272 e. The van der Waals surface area contributed by atoms with E-state index in [-0.39, 0.29) is 29.8 Å². The van der Waals surface area contributed by atoms with E-state index in [0.717, 1.165) is 30.7 Å². The van der Waals surface area contributed by atoms with Crippen molar-refractivity contribution in [2.45, 2.75) is 37.1 Å². The molecule has 1 aromatic heterocycles. The molecule has 0 bridgehead atoms. The van der Waals surface area contributed by atoms with Crippen LogP contribution in [0.25, 0.3) is 0 Å². The zero-order valence-electron chi connectivity index (χ0n) is 13.1. The molecule has 0 unspecified atom stereocenters. The van der Waals surface area contributed by atoms with Crippen molar-refractivity contribution in [3.63, 3.8) is 0 Å². The van der Waals surface area contributed by atoms with E-state index in [1.165, 1.54) is 17.1 Å². The fourth-order valence-corrected chi connectivity index (χ4v) is 3.89. The van der Waals surface area contributed by atoms with Gasteiger partial charge in [-0.2, -0.15) is 0 Å². The predicted octanol–water partition coefficient (Wildman–Crippen LogP) is 3.18. The number of amides is 1. The van der Waals surface area contributed by atoms with E-state index in [9.17, 15) is 4.79 Å². The molecule has 1 aliphatic carbocycles. The van der Waals surface area contributed by atoms with Crippen molar-refractivity contribution in [2.75, 3.05) is 6.54 Å². The van der Waals surface area contributed by atoms with Gasteiger partial charge in [-0.25, -0.2) is 0 Å². The Kier molecular flexibility index (Phi) is 6.57. The highest BCUT2D eigenvalue weighted by atomic mass is 35.5. The molecule has 3 N–H and O–H groups in total. The van der Waals surface area contributed by atoms with Gasteiger partial charge in [-0.05, 0) is 54.9 Å². The van der Waals surface area contributed by atoms with Crippen LogP contribution in [0.1, 0.15) is 41.7 Å². The maximum absolute atomic E-state index is 12.1. The molecule has 0 aliphatic heterocycles. The number of carbonyl (C=O) groups is 1. The number of rotatable bonds is 4. The van der Waals surface area contributed by atoms with Crippen LogP contribution in [-0.4, -0.2) is 28.1 Å². The topological polar surface area (TPSA) is 80.9 Å². The highest BCUT2D eigenvalue weighted by Crippen LogP contribution is 2.39. The molecule has 5 nitrogen and oxygen atoms in total. The maximum Gasteiger partial charge on any atom is 0.272 e. The van der Waals surface area contributed by atoms with E-state index in [1.54, 1.807) is 5.38 Å². The molecule has 0 saturated heterocycles. The average molecular weight is 387 g/mol. The molecule has 0 spiro atoms. The summed E-state index contributed by atoms with van der Waals surface area (Å²) in [7, 11) is 0. The van der Waals surface area contributed by atoms with Crippen molar-refractivity contribution in [3.05, 3.63) is 45.9 Å². The van der Waals surface area contributed by atoms with Crippen LogP contribution >= 0.6 is 35.5 Å². The minimum absolute atomic E-state index is 0. The fraction of sp³-hybridized carbons (Fsp3) is 0.438. The quantitative estimate of drug-likeness (QED) is 0.845. The van der Waals surface area contributed by atoms with Crippen molar-refractivity contribution >= 4 is 41.4 Å². The summed E-state index contributed by atoms with van der Waals surface area (Å²) in [5.41, 5.74) is 7.63. The Morgan fingerprint density at radius 3 is 2.75 bits per heavy atom. The van der Waals surface area contributed by atoms with E-state index in [1.807, 2.05) is 18.2 Å². The summed E-state index contributed by atoms with van der Waals surface area (Å²) >= 11 is 7.31. The molecule has 1 aromatic carbocycles. The van der Waals surface area contributed by atoms with Gasteiger partial charge in [0.25, 0.3) is 5.91 Å². The highest BCUT2D eigenvalue weighted by Gasteiger charge is 2.36. The lowest BCUT2D eigenvalue weighted by atomic mass is 9.68. The number of benzene rings is 1. The summed E-state index contributed by atoms with van der Waals surface area (Å²) < 4.78 is 3.72. The largest absolute Gasteiger partial charge is 0.348 e. The van der Waals surface area contributed by atoms with E-state index >= 15 is 0 Å². The van der Waals surface area contributed by atoms with Crippen molar-refractivity contribution in [3.8, 4) is 0 Å². The molecular weight excluding hydrogens is 367 g/mol. The lowest BCUT2D eigenvalue weighted by Crippen LogP contribution is -2.45. The van der Waals surface area contributed by atoms with Crippen LogP contribution in [0.3, 0.4) is 0 Å². The highest BCUT2D eigenvalue weighted by molar-refractivity contribution is 7.03. The third-order valence-electron chi connectivity index (χ3n) is 4.70. The van der Waals surface area contributed by atoms with Crippen LogP contribution in [0.2, 0.25) is 5.02 Å². The Balaban J connectivity index is 0.00000208. The number of nitrogens with zero attached hydrogens (tertiary/aromatic N) is 2. The van der Waals surface area contributed by atoms with E-state index in [0.29, 0.717) is 12.2 Å². The first kappa shape index (κ1) is 19.1. The molecule has 1 amide bonds. The van der Waals surface area contributed by atoms with Crippen molar-refractivity contribution in [1.82, 2.24) is 14.9 Å². The Bertz CT molecular complexity index is 672. The SMILES string of the molecule is Cl.NCC1(c2cccc(Cl)c2)CCC(NC(=O)c2csnn2)CC1. The van der Waals surface area contributed by atoms with Gasteiger partial charge in [0.2, 0.25) is 0 Å². The zero-order valence-corrected chi connectivity index (χ0v) is 15.5. The minimum atomic E-state index is -0.147. The second-order valence-electron chi connectivity index (χ2n) is 6.03. The van der Waals surface area contributed by atoms with Crippen LogP contribution in [0.5, 0.6) is 0 Å². The standard InChI is InChI=1S/C16H19ClN4OS.ClH/c17-12-3-1-2-11(8-12)16(10-18)6-4-13(5-7-16)19-15(22)14-9-23-21-20-14;/h1-3,8-9,13H,4-7,10,18H2,(H,19,22);1H. The fourth-order valence-electron chi connectivity index (χ4n) is 3.27. The molecule has 24 heavy (non-hydrogen) atoms. The summed E-state index contributed by atoms with van der Waals surface area (Å²) in [4.78, 5) is 12.1. The van der Waals surface area contributed by atoms with E-state index < -0.39 is 0 Å². The number of nitrogens with one attached hydrogen (secondary N) is 1. The van der Waals surface area contributed by atoms with Gasteiger partial charge < -0.3 is 11.1 Å². The first-order valence-corrected chi connectivity index (χ1v) is 8.88. The summed E-state index contributed by atoms with van der Waals surface area (Å²) in [6.07, 6.45) is 3.66. The van der Waals surface area contributed by atoms with Crippen LogP contribution in [0, 0.1) is 0 Å². The summed E-state index contributed by atoms with van der Waals surface area (Å²) in [5.74, 6) is -0.147. The average Bonchev–Trinajstić information content (AvgIpc) is 3.10. The van der Waals surface area contributed by atoms with Gasteiger partial charge >= 0.3 is 0 Å². The van der Waals surface area contributed by atoms with Gasteiger partial charge in [0.1, 0.15) is 0 Å². The second-order valence-corrected chi connectivity index (χ2v) is 7.08. The van der Waals surface area contributed by atoms with Gasteiger partial charge in [-0.15, -0.1) is 17.5 Å². The number of hydrogen-bond donors (Lipinski definition) is 2. The zero-order chi connectivity index (χ0) is 16.3. The summed E-state index contributed by atoms with van der Waals surface area (Å²) in [6, 6.07) is 8.11. The first-order valence-electron chi connectivity index (χ1n) is 7.67. The number of nitrogens with two attached hydrogens (primary N) is 1. The lowest BCUT2D eigenvalue weighted by molar-refractivity contribution is 0.0913. The molecule has 1 heterocycles. The third-order valence-corrected chi connectivity index (χ3v) is 5.44. The second kappa shape index (κ2) is 8.25. The van der Waals surface area contributed by atoms with Gasteiger partial charge in [-0.3, -0.25) is 4.79 Å². The number of halogens is 2. The summed E-state index contributed by atoms with van der Waals surface area (Å²) in [5, 5.41) is 9.25. The minimum Gasteiger partial charge on any atom is -0.348 e. The van der Waals surface area contributed by atoms with Gasteiger partial charge in [0.05, 0.1) is 0 Å².